The maximum absolute atomic E-state index is 6.32. The fourth-order valence-electron chi connectivity index (χ4n) is 2.94. The molecule has 1 atom stereocenters. The van der Waals surface area contributed by atoms with Crippen LogP contribution in [0, 0.1) is 5.41 Å². The normalized spacial score (nSPS) is 20.7. The Kier molecular flexibility index (Phi) is 3.73. The third-order valence-electron chi connectivity index (χ3n) is 3.77. The maximum Gasteiger partial charge on any atom is 0.0975 e. The standard InChI is InChI=1S/C16H19BrN2S/c1-16(2)8-12(18)15-13(9-16)19-14(20-15)7-10-4-3-5-11(17)6-10/h3-6,12H,7-9,18H2,1-2H3. The van der Waals surface area contributed by atoms with Crippen LogP contribution in [0.4, 0.5) is 0 Å². The summed E-state index contributed by atoms with van der Waals surface area (Å²) in [4.78, 5) is 6.15. The average Bonchev–Trinajstić information content (AvgIpc) is 2.70. The first-order valence-electron chi connectivity index (χ1n) is 6.91. The van der Waals surface area contributed by atoms with E-state index in [2.05, 4.69) is 54.0 Å². The van der Waals surface area contributed by atoms with Crippen molar-refractivity contribution in [3.05, 3.63) is 49.9 Å². The van der Waals surface area contributed by atoms with E-state index < -0.39 is 0 Å². The third-order valence-corrected chi connectivity index (χ3v) is 5.49. The first kappa shape index (κ1) is 14.2. The van der Waals surface area contributed by atoms with Gasteiger partial charge in [0.2, 0.25) is 0 Å². The van der Waals surface area contributed by atoms with Gasteiger partial charge in [0.1, 0.15) is 0 Å². The van der Waals surface area contributed by atoms with Gasteiger partial charge in [0.15, 0.2) is 0 Å². The van der Waals surface area contributed by atoms with Crippen LogP contribution < -0.4 is 5.73 Å². The monoisotopic (exact) mass is 350 g/mol. The summed E-state index contributed by atoms with van der Waals surface area (Å²) in [5.74, 6) is 0. The molecule has 0 fully saturated rings. The maximum atomic E-state index is 6.32. The van der Waals surface area contributed by atoms with E-state index in [4.69, 9.17) is 10.7 Å². The number of halogens is 1. The smallest absolute Gasteiger partial charge is 0.0975 e. The number of rotatable bonds is 2. The van der Waals surface area contributed by atoms with Gasteiger partial charge in [-0.15, -0.1) is 11.3 Å². The molecule has 1 aliphatic carbocycles. The topological polar surface area (TPSA) is 38.9 Å². The van der Waals surface area contributed by atoms with Crippen molar-refractivity contribution in [3.8, 4) is 0 Å². The molecule has 20 heavy (non-hydrogen) atoms. The highest BCUT2D eigenvalue weighted by atomic mass is 79.9. The van der Waals surface area contributed by atoms with Crippen LogP contribution in [0.1, 0.15) is 47.5 Å². The van der Waals surface area contributed by atoms with Crippen LogP contribution in [-0.4, -0.2) is 4.98 Å². The molecular formula is C16H19BrN2S. The Morgan fingerprint density at radius 3 is 3.00 bits per heavy atom. The van der Waals surface area contributed by atoms with Crippen molar-refractivity contribution in [1.29, 1.82) is 0 Å². The van der Waals surface area contributed by atoms with Gasteiger partial charge in [0.05, 0.1) is 10.7 Å². The fraction of sp³-hybridized carbons (Fsp3) is 0.438. The molecule has 2 N–H and O–H groups in total. The summed E-state index contributed by atoms with van der Waals surface area (Å²) < 4.78 is 1.12. The summed E-state index contributed by atoms with van der Waals surface area (Å²) in [5.41, 5.74) is 9.10. The molecule has 106 valence electrons. The van der Waals surface area contributed by atoms with Crippen molar-refractivity contribution < 1.29 is 0 Å². The highest BCUT2D eigenvalue weighted by Gasteiger charge is 2.33. The molecule has 1 aromatic carbocycles. The van der Waals surface area contributed by atoms with E-state index in [0.29, 0.717) is 0 Å². The molecule has 1 unspecified atom stereocenters. The van der Waals surface area contributed by atoms with E-state index in [1.807, 2.05) is 0 Å². The van der Waals surface area contributed by atoms with Gasteiger partial charge in [0.25, 0.3) is 0 Å². The number of fused-ring (bicyclic) bond motifs is 1. The lowest BCUT2D eigenvalue weighted by Gasteiger charge is -2.32. The minimum absolute atomic E-state index is 0.155. The number of hydrogen-bond donors (Lipinski definition) is 1. The number of nitrogens with zero attached hydrogens (tertiary/aromatic N) is 1. The molecule has 3 rings (SSSR count). The fourth-order valence-corrected chi connectivity index (χ4v) is 4.51. The zero-order chi connectivity index (χ0) is 14.3. The zero-order valence-electron chi connectivity index (χ0n) is 11.8. The molecule has 0 saturated heterocycles. The minimum Gasteiger partial charge on any atom is -0.323 e. The number of aromatic nitrogens is 1. The predicted octanol–water partition coefficient (Wildman–Crippen LogP) is 4.47. The summed E-state index contributed by atoms with van der Waals surface area (Å²) in [6.07, 6.45) is 2.99. The highest BCUT2D eigenvalue weighted by molar-refractivity contribution is 9.10. The van der Waals surface area contributed by atoms with Crippen molar-refractivity contribution in [3.63, 3.8) is 0 Å². The zero-order valence-corrected chi connectivity index (χ0v) is 14.2. The van der Waals surface area contributed by atoms with E-state index in [1.165, 1.54) is 21.1 Å². The second kappa shape index (κ2) is 5.24. The lowest BCUT2D eigenvalue weighted by molar-refractivity contribution is 0.282. The van der Waals surface area contributed by atoms with Crippen LogP contribution in [-0.2, 0) is 12.8 Å². The summed E-state index contributed by atoms with van der Waals surface area (Å²) in [6, 6.07) is 8.58. The van der Waals surface area contributed by atoms with Crippen molar-refractivity contribution in [2.75, 3.05) is 0 Å². The first-order valence-corrected chi connectivity index (χ1v) is 8.52. The Hall–Kier alpha value is -0.710. The highest BCUT2D eigenvalue weighted by Crippen LogP contribution is 2.42. The van der Waals surface area contributed by atoms with Crippen LogP contribution in [0.25, 0.3) is 0 Å². The Morgan fingerprint density at radius 2 is 2.25 bits per heavy atom. The quantitative estimate of drug-likeness (QED) is 0.867. The van der Waals surface area contributed by atoms with Gasteiger partial charge in [-0.05, 0) is 36.0 Å². The lowest BCUT2D eigenvalue weighted by atomic mass is 9.77. The minimum atomic E-state index is 0.155. The molecule has 0 aliphatic heterocycles. The van der Waals surface area contributed by atoms with E-state index in [9.17, 15) is 0 Å². The number of hydrogen-bond acceptors (Lipinski definition) is 3. The summed E-state index contributed by atoms with van der Waals surface area (Å²) >= 11 is 5.31. The molecule has 2 nitrogen and oxygen atoms in total. The summed E-state index contributed by atoms with van der Waals surface area (Å²) in [7, 11) is 0. The molecular weight excluding hydrogens is 332 g/mol. The number of benzene rings is 1. The molecule has 0 spiro atoms. The van der Waals surface area contributed by atoms with Crippen LogP contribution in [0.2, 0.25) is 0 Å². The lowest BCUT2D eigenvalue weighted by Crippen LogP contribution is -2.28. The number of nitrogens with two attached hydrogens (primary N) is 1. The van der Waals surface area contributed by atoms with Gasteiger partial charge < -0.3 is 5.73 Å². The number of thiazole rings is 1. The molecule has 2 aromatic rings. The van der Waals surface area contributed by atoms with Crippen molar-refractivity contribution in [2.45, 2.75) is 39.2 Å². The van der Waals surface area contributed by atoms with Gasteiger partial charge >= 0.3 is 0 Å². The second-order valence-corrected chi connectivity index (χ2v) is 8.41. The molecule has 1 aliphatic rings. The van der Waals surface area contributed by atoms with Gasteiger partial charge in [-0.2, -0.15) is 0 Å². The summed E-state index contributed by atoms with van der Waals surface area (Å²) in [5, 5.41) is 1.18. The molecule has 0 radical (unpaired) electrons. The first-order chi connectivity index (χ1) is 9.43. The Bertz CT molecular complexity index is 633. The molecule has 4 heteroatoms. The van der Waals surface area contributed by atoms with Gasteiger partial charge in [0, 0.05) is 21.8 Å². The molecule has 0 saturated carbocycles. The Labute approximate surface area is 132 Å². The SMILES string of the molecule is CC1(C)Cc2nc(Cc3cccc(Br)c3)sc2C(N)C1. The molecule has 0 bridgehead atoms. The van der Waals surface area contributed by atoms with E-state index in [-0.39, 0.29) is 11.5 Å². The second-order valence-electron chi connectivity index (χ2n) is 6.38. The average molecular weight is 351 g/mol. The van der Waals surface area contributed by atoms with Gasteiger partial charge in [-0.25, -0.2) is 4.98 Å². The van der Waals surface area contributed by atoms with Crippen molar-refractivity contribution in [2.24, 2.45) is 11.1 Å². The van der Waals surface area contributed by atoms with Crippen molar-refractivity contribution in [1.82, 2.24) is 4.98 Å². The largest absolute Gasteiger partial charge is 0.323 e. The van der Waals surface area contributed by atoms with Crippen LogP contribution in [0.15, 0.2) is 28.7 Å². The Morgan fingerprint density at radius 1 is 1.45 bits per heavy atom. The van der Waals surface area contributed by atoms with Crippen LogP contribution in [0.3, 0.4) is 0 Å². The van der Waals surface area contributed by atoms with E-state index in [1.54, 1.807) is 11.3 Å². The Balaban J connectivity index is 1.87. The predicted molar refractivity (Wildman–Crippen MR) is 88.1 cm³/mol. The van der Waals surface area contributed by atoms with Crippen LogP contribution >= 0.6 is 27.3 Å². The molecule has 0 amide bonds. The van der Waals surface area contributed by atoms with E-state index in [0.717, 1.165) is 23.7 Å². The van der Waals surface area contributed by atoms with Gasteiger partial charge in [-0.3, -0.25) is 0 Å². The molecule has 1 heterocycles. The van der Waals surface area contributed by atoms with E-state index >= 15 is 0 Å². The third kappa shape index (κ3) is 2.97. The van der Waals surface area contributed by atoms with Gasteiger partial charge in [-0.1, -0.05) is 41.9 Å². The summed E-state index contributed by atoms with van der Waals surface area (Å²) in [6.45, 7) is 4.56. The molecule has 1 aromatic heterocycles. The van der Waals surface area contributed by atoms with Crippen molar-refractivity contribution >= 4 is 27.3 Å². The van der Waals surface area contributed by atoms with Crippen LogP contribution in [0.5, 0.6) is 0 Å².